The maximum atomic E-state index is 5.71. The molecular weight excluding hydrogens is 214 g/mol. The lowest BCUT2D eigenvalue weighted by Gasteiger charge is -2.27. The molecule has 1 aromatic rings. The van der Waals surface area contributed by atoms with Crippen LogP contribution in [0.4, 0.5) is 0 Å². The van der Waals surface area contributed by atoms with E-state index in [1.54, 1.807) is 0 Å². The zero-order valence-electron chi connectivity index (χ0n) is 10.2. The zero-order valence-corrected chi connectivity index (χ0v) is 10.2. The van der Waals surface area contributed by atoms with E-state index in [4.69, 9.17) is 9.47 Å². The van der Waals surface area contributed by atoms with Crippen LogP contribution in [0.5, 0.6) is 5.75 Å². The van der Waals surface area contributed by atoms with Crippen LogP contribution in [0.25, 0.3) is 0 Å². The summed E-state index contributed by atoms with van der Waals surface area (Å²) in [5, 5.41) is 0. The van der Waals surface area contributed by atoms with Crippen LogP contribution in [-0.4, -0.2) is 37.8 Å². The first kappa shape index (κ1) is 11.1. The van der Waals surface area contributed by atoms with Crippen LogP contribution in [0.2, 0.25) is 0 Å². The quantitative estimate of drug-likeness (QED) is 0.778. The molecule has 3 nitrogen and oxygen atoms in total. The van der Waals surface area contributed by atoms with E-state index in [-0.39, 0.29) is 0 Å². The maximum Gasteiger partial charge on any atom is 0.122 e. The van der Waals surface area contributed by atoms with Gasteiger partial charge in [0.15, 0.2) is 0 Å². The Labute approximate surface area is 102 Å². The molecule has 2 aliphatic rings. The van der Waals surface area contributed by atoms with Gasteiger partial charge in [-0.15, -0.1) is 0 Å². The maximum absolute atomic E-state index is 5.71. The van der Waals surface area contributed by atoms with Gasteiger partial charge in [-0.2, -0.15) is 0 Å². The van der Waals surface area contributed by atoms with Crippen molar-refractivity contribution in [3.8, 4) is 5.75 Å². The molecular formula is C14H19NO2. The summed E-state index contributed by atoms with van der Waals surface area (Å²) in [7, 11) is 0. The minimum Gasteiger partial charge on any atom is -0.493 e. The molecule has 0 aromatic heterocycles. The first-order valence-corrected chi connectivity index (χ1v) is 6.46. The predicted octanol–water partition coefficient (Wildman–Crippen LogP) is 1.84. The van der Waals surface area contributed by atoms with Crippen molar-refractivity contribution in [3.05, 3.63) is 29.3 Å². The van der Waals surface area contributed by atoms with Gasteiger partial charge < -0.3 is 9.47 Å². The minimum atomic E-state index is 0.863. The van der Waals surface area contributed by atoms with Crippen molar-refractivity contribution < 1.29 is 9.47 Å². The van der Waals surface area contributed by atoms with Crippen molar-refractivity contribution in [2.75, 3.05) is 32.9 Å². The second-order valence-electron chi connectivity index (χ2n) is 4.78. The average Bonchev–Trinajstić information content (AvgIpc) is 2.40. The fourth-order valence-corrected chi connectivity index (χ4v) is 2.50. The molecule has 0 atom stereocenters. The van der Waals surface area contributed by atoms with E-state index in [1.807, 2.05) is 0 Å². The number of fused-ring (bicyclic) bond motifs is 1. The van der Waals surface area contributed by atoms with Gasteiger partial charge in [0.1, 0.15) is 5.75 Å². The van der Waals surface area contributed by atoms with E-state index in [1.165, 1.54) is 11.1 Å². The topological polar surface area (TPSA) is 21.7 Å². The van der Waals surface area contributed by atoms with Crippen LogP contribution in [-0.2, 0) is 17.7 Å². The highest BCUT2D eigenvalue weighted by molar-refractivity contribution is 5.38. The van der Waals surface area contributed by atoms with E-state index < -0.39 is 0 Å². The largest absolute Gasteiger partial charge is 0.493 e. The first-order chi connectivity index (χ1) is 8.42. The van der Waals surface area contributed by atoms with Crippen molar-refractivity contribution in [1.29, 1.82) is 0 Å². The fraction of sp³-hybridized carbons (Fsp3) is 0.571. The van der Waals surface area contributed by atoms with Crippen molar-refractivity contribution >= 4 is 0 Å². The molecule has 0 spiro atoms. The number of nitrogens with zero attached hydrogens (tertiary/aromatic N) is 1. The van der Waals surface area contributed by atoms with Crippen LogP contribution in [0.1, 0.15) is 17.5 Å². The van der Waals surface area contributed by atoms with E-state index >= 15 is 0 Å². The fourth-order valence-electron chi connectivity index (χ4n) is 2.50. The van der Waals surface area contributed by atoms with Crippen LogP contribution in [0, 0.1) is 0 Å². The summed E-state index contributed by atoms with van der Waals surface area (Å²) in [5.41, 5.74) is 2.72. The molecule has 0 saturated carbocycles. The minimum absolute atomic E-state index is 0.863. The van der Waals surface area contributed by atoms with Crippen molar-refractivity contribution in [2.24, 2.45) is 0 Å². The molecule has 0 N–H and O–H groups in total. The highest BCUT2D eigenvalue weighted by Gasteiger charge is 2.14. The third-order valence-corrected chi connectivity index (χ3v) is 3.49. The van der Waals surface area contributed by atoms with Gasteiger partial charge in [-0.3, -0.25) is 4.90 Å². The molecule has 0 radical (unpaired) electrons. The molecule has 3 heteroatoms. The Hall–Kier alpha value is -1.06. The Morgan fingerprint density at radius 2 is 2.00 bits per heavy atom. The lowest BCUT2D eigenvalue weighted by molar-refractivity contribution is 0.0341. The lowest BCUT2D eigenvalue weighted by Crippen LogP contribution is -2.35. The SMILES string of the molecule is c1cc2c(cc1CN1CCOCC1)OCCC2. The molecule has 3 rings (SSSR count). The van der Waals surface area contributed by atoms with Crippen LogP contribution in [0.3, 0.4) is 0 Å². The molecule has 1 saturated heterocycles. The van der Waals surface area contributed by atoms with Gasteiger partial charge in [0.2, 0.25) is 0 Å². The van der Waals surface area contributed by atoms with Gasteiger partial charge >= 0.3 is 0 Å². The summed E-state index contributed by atoms with van der Waals surface area (Å²) in [6.45, 7) is 5.69. The zero-order chi connectivity index (χ0) is 11.5. The van der Waals surface area contributed by atoms with Gasteiger partial charge in [-0.1, -0.05) is 12.1 Å². The van der Waals surface area contributed by atoms with Crippen LogP contribution >= 0.6 is 0 Å². The molecule has 2 heterocycles. The molecule has 17 heavy (non-hydrogen) atoms. The molecule has 1 fully saturated rings. The number of morpholine rings is 1. The van der Waals surface area contributed by atoms with Gasteiger partial charge in [0.25, 0.3) is 0 Å². The Morgan fingerprint density at radius 3 is 2.88 bits per heavy atom. The molecule has 0 aliphatic carbocycles. The lowest BCUT2D eigenvalue weighted by atomic mass is 10.0. The number of aryl methyl sites for hydroxylation is 1. The Bertz CT molecular complexity index is 386. The molecule has 0 unspecified atom stereocenters. The summed E-state index contributed by atoms with van der Waals surface area (Å²) >= 11 is 0. The number of hydrogen-bond donors (Lipinski definition) is 0. The van der Waals surface area contributed by atoms with E-state index in [0.29, 0.717) is 0 Å². The molecule has 92 valence electrons. The Morgan fingerprint density at radius 1 is 1.12 bits per heavy atom. The first-order valence-electron chi connectivity index (χ1n) is 6.46. The molecule has 0 amide bonds. The van der Waals surface area contributed by atoms with Crippen LogP contribution < -0.4 is 4.74 Å². The highest BCUT2D eigenvalue weighted by atomic mass is 16.5. The monoisotopic (exact) mass is 233 g/mol. The summed E-state index contributed by atoms with van der Waals surface area (Å²) in [6, 6.07) is 6.68. The van der Waals surface area contributed by atoms with Gasteiger partial charge in [0, 0.05) is 19.6 Å². The number of ether oxygens (including phenoxy) is 2. The van der Waals surface area contributed by atoms with E-state index in [0.717, 1.165) is 58.0 Å². The number of hydrogen-bond acceptors (Lipinski definition) is 3. The van der Waals surface area contributed by atoms with E-state index in [9.17, 15) is 0 Å². The summed E-state index contributed by atoms with van der Waals surface area (Å²) in [5.74, 6) is 1.10. The molecule has 0 bridgehead atoms. The van der Waals surface area contributed by atoms with Crippen molar-refractivity contribution in [2.45, 2.75) is 19.4 Å². The van der Waals surface area contributed by atoms with Gasteiger partial charge in [-0.05, 0) is 30.0 Å². The van der Waals surface area contributed by atoms with Gasteiger partial charge in [-0.25, -0.2) is 0 Å². The van der Waals surface area contributed by atoms with E-state index in [2.05, 4.69) is 23.1 Å². The third kappa shape index (κ3) is 2.61. The number of rotatable bonds is 2. The van der Waals surface area contributed by atoms with Gasteiger partial charge in [0.05, 0.1) is 19.8 Å². The summed E-state index contributed by atoms with van der Waals surface area (Å²) in [4.78, 5) is 2.44. The molecule has 1 aromatic carbocycles. The second kappa shape index (κ2) is 5.07. The summed E-state index contributed by atoms with van der Waals surface area (Å²) in [6.07, 6.45) is 2.31. The standard InChI is InChI=1S/C14H19NO2/c1-2-13-4-3-12(10-14(13)17-7-1)11-15-5-8-16-9-6-15/h3-4,10H,1-2,5-9,11H2. The molecule has 2 aliphatic heterocycles. The second-order valence-corrected chi connectivity index (χ2v) is 4.78. The van der Waals surface area contributed by atoms with Crippen LogP contribution in [0.15, 0.2) is 18.2 Å². The average molecular weight is 233 g/mol. The number of benzene rings is 1. The normalized spacial score (nSPS) is 20.7. The Kier molecular flexibility index (Phi) is 3.29. The van der Waals surface area contributed by atoms with Crippen molar-refractivity contribution in [1.82, 2.24) is 4.90 Å². The highest BCUT2D eigenvalue weighted by Crippen LogP contribution is 2.26. The smallest absolute Gasteiger partial charge is 0.122 e. The predicted molar refractivity (Wildman–Crippen MR) is 66.4 cm³/mol. The third-order valence-electron chi connectivity index (χ3n) is 3.49. The summed E-state index contributed by atoms with van der Waals surface area (Å²) < 4.78 is 11.1. The van der Waals surface area contributed by atoms with Crippen molar-refractivity contribution in [3.63, 3.8) is 0 Å². The Balaban J connectivity index is 1.70.